The molecular weight excluding hydrogens is 304 g/mol. The first kappa shape index (κ1) is 17.3. The van der Waals surface area contributed by atoms with Crippen LogP contribution in [0.2, 0.25) is 0 Å². The summed E-state index contributed by atoms with van der Waals surface area (Å²) in [5.41, 5.74) is 0.826. The number of carbonyl (C=O) groups excluding carboxylic acids is 2. The maximum atomic E-state index is 12.3. The minimum atomic E-state index is -0.698. The molecule has 2 aromatic rings. The summed E-state index contributed by atoms with van der Waals surface area (Å²) >= 11 is 0. The monoisotopic (exact) mass is 324 g/mol. The molecule has 0 radical (unpaired) electrons. The van der Waals surface area contributed by atoms with E-state index < -0.39 is 6.10 Å². The molecule has 0 bridgehead atoms. The van der Waals surface area contributed by atoms with Crippen molar-refractivity contribution in [3.8, 4) is 5.75 Å². The van der Waals surface area contributed by atoms with E-state index in [2.05, 4.69) is 17.2 Å². The van der Waals surface area contributed by atoms with Crippen molar-refractivity contribution in [1.29, 1.82) is 0 Å². The molecule has 0 fully saturated rings. The Morgan fingerprint density at radius 3 is 2.50 bits per heavy atom. The minimum absolute atomic E-state index is 0.276. The fourth-order valence-corrected chi connectivity index (χ4v) is 2.04. The van der Waals surface area contributed by atoms with Crippen LogP contribution in [0, 0.1) is 0 Å². The molecule has 24 heavy (non-hydrogen) atoms. The molecule has 0 aliphatic heterocycles. The highest BCUT2D eigenvalue weighted by Gasteiger charge is 2.18. The topological polar surface area (TPSA) is 67.4 Å². The highest BCUT2D eigenvalue weighted by molar-refractivity contribution is 6.04. The summed E-state index contributed by atoms with van der Waals surface area (Å²) in [6.45, 7) is 5.57. The lowest BCUT2D eigenvalue weighted by Gasteiger charge is -2.16. The number of hydrogen-bond donors (Lipinski definition) is 2. The Hall–Kier alpha value is -3.08. The summed E-state index contributed by atoms with van der Waals surface area (Å²) in [6.07, 6.45) is 0.895. The Balaban J connectivity index is 2.05. The lowest BCUT2D eigenvalue weighted by Crippen LogP contribution is -2.31. The lowest BCUT2D eigenvalue weighted by atomic mass is 10.1. The van der Waals surface area contributed by atoms with Gasteiger partial charge >= 0.3 is 0 Å². The molecule has 0 saturated carbocycles. The normalized spacial score (nSPS) is 11.2. The van der Waals surface area contributed by atoms with Crippen molar-refractivity contribution in [1.82, 2.24) is 5.32 Å². The van der Waals surface area contributed by atoms with Crippen LogP contribution in [-0.4, -0.2) is 24.5 Å². The van der Waals surface area contributed by atoms with Gasteiger partial charge in [-0.3, -0.25) is 9.59 Å². The number of benzene rings is 2. The first-order valence-corrected chi connectivity index (χ1v) is 7.62. The van der Waals surface area contributed by atoms with Crippen LogP contribution < -0.4 is 15.4 Å². The SMILES string of the molecule is C=CCNC(=O)c1ccccc1NC(=O)C(C)Oc1ccccc1. The summed E-state index contributed by atoms with van der Waals surface area (Å²) in [5, 5.41) is 5.43. The second-order valence-electron chi connectivity index (χ2n) is 5.11. The predicted molar refractivity (Wildman–Crippen MR) is 94.1 cm³/mol. The molecule has 2 N–H and O–H groups in total. The second kappa shape index (κ2) is 8.53. The first-order chi connectivity index (χ1) is 11.6. The lowest BCUT2D eigenvalue weighted by molar-refractivity contribution is -0.122. The Bertz CT molecular complexity index is 714. The molecule has 0 heterocycles. The fourth-order valence-electron chi connectivity index (χ4n) is 2.04. The highest BCUT2D eigenvalue weighted by atomic mass is 16.5. The van der Waals surface area contributed by atoms with E-state index in [0.29, 0.717) is 23.5 Å². The largest absolute Gasteiger partial charge is 0.481 e. The zero-order valence-corrected chi connectivity index (χ0v) is 13.5. The molecule has 5 nitrogen and oxygen atoms in total. The van der Waals surface area contributed by atoms with Gasteiger partial charge in [-0.05, 0) is 31.2 Å². The Morgan fingerprint density at radius 1 is 1.12 bits per heavy atom. The second-order valence-corrected chi connectivity index (χ2v) is 5.11. The standard InChI is InChI=1S/C19H20N2O3/c1-3-13-20-19(23)16-11-7-8-12-17(16)21-18(22)14(2)24-15-9-5-4-6-10-15/h3-12,14H,1,13H2,2H3,(H,20,23)(H,21,22). The first-order valence-electron chi connectivity index (χ1n) is 7.62. The van der Waals surface area contributed by atoms with Gasteiger partial charge in [0.1, 0.15) is 5.75 Å². The molecule has 0 aliphatic rings. The van der Waals surface area contributed by atoms with Gasteiger partial charge in [0.25, 0.3) is 11.8 Å². The van der Waals surface area contributed by atoms with Crippen molar-refractivity contribution in [3.05, 3.63) is 72.8 Å². The van der Waals surface area contributed by atoms with Gasteiger partial charge in [-0.25, -0.2) is 0 Å². The molecule has 5 heteroatoms. The van der Waals surface area contributed by atoms with Crippen LogP contribution in [0.3, 0.4) is 0 Å². The van der Waals surface area contributed by atoms with Crippen LogP contribution in [0.25, 0.3) is 0 Å². The fraction of sp³-hybridized carbons (Fsp3) is 0.158. The van der Waals surface area contributed by atoms with Crippen molar-refractivity contribution in [3.63, 3.8) is 0 Å². The smallest absolute Gasteiger partial charge is 0.265 e. The third-order valence-corrected chi connectivity index (χ3v) is 3.26. The molecule has 124 valence electrons. The van der Waals surface area contributed by atoms with E-state index in [1.165, 1.54) is 0 Å². The maximum absolute atomic E-state index is 12.3. The molecule has 0 spiro atoms. The van der Waals surface area contributed by atoms with Crippen molar-refractivity contribution < 1.29 is 14.3 Å². The number of para-hydroxylation sites is 2. The molecule has 0 saturated heterocycles. The van der Waals surface area contributed by atoms with E-state index in [0.717, 1.165) is 0 Å². The van der Waals surface area contributed by atoms with Crippen LogP contribution in [0.4, 0.5) is 5.69 Å². The zero-order chi connectivity index (χ0) is 17.4. The average Bonchev–Trinajstić information content (AvgIpc) is 2.61. The van der Waals surface area contributed by atoms with Crippen molar-refractivity contribution in [2.45, 2.75) is 13.0 Å². The molecule has 0 aliphatic carbocycles. The number of ether oxygens (including phenoxy) is 1. The summed E-state index contributed by atoms with van der Waals surface area (Å²) < 4.78 is 5.59. The van der Waals surface area contributed by atoms with Gasteiger partial charge < -0.3 is 15.4 Å². The van der Waals surface area contributed by atoms with Crippen molar-refractivity contribution in [2.24, 2.45) is 0 Å². The molecule has 2 aromatic carbocycles. The van der Waals surface area contributed by atoms with Gasteiger partial charge in [-0.15, -0.1) is 6.58 Å². The maximum Gasteiger partial charge on any atom is 0.265 e. The predicted octanol–water partition coefficient (Wildman–Crippen LogP) is 3.01. The summed E-state index contributed by atoms with van der Waals surface area (Å²) in [4.78, 5) is 24.4. The summed E-state index contributed by atoms with van der Waals surface area (Å²) in [6, 6.07) is 15.9. The van der Waals surface area contributed by atoms with Crippen molar-refractivity contribution >= 4 is 17.5 Å². The van der Waals surface area contributed by atoms with Gasteiger partial charge in [0.15, 0.2) is 6.10 Å². The molecule has 2 rings (SSSR count). The number of carbonyl (C=O) groups is 2. The molecule has 0 aromatic heterocycles. The minimum Gasteiger partial charge on any atom is -0.481 e. The summed E-state index contributed by atoms with van der Waals surface area (Å²) in [7, 11) is 0. The van der Waals surface area contributed by atoms with E-state index in [1.54, 1.807) is 49.4 Å². The van der Waals surface area contributed by atoms with Gasteiger partial charge in [-0.1, -0.05) is 36.4 Å². The van der Waals surface area contributed by atoms with E-state index in [9.17, 15) is 9.59 Å². The van der Waals surface area contributed by atoms with E-state index in [-0.39, 0.29) is 11.8 Å². The molecule has 2 amide bonds. The molecule has 1 unspecified atom stereocenters. The van der Waals surface area contributed by atoms with Gasteiger partial charge in [0.05, 0.1) is 11.3 Å². The highest BCUT2D eigenvalue weighted by Crippen LogP contribution is 2.17. The average molecular weight is 324 g/mol. The van der Waals surface area contributed by atoms with Crippen LogP contribution >= 0.6 is 0 Å². The van der Waals surface area contributed by atoms with Gasteiger partial charge in [0.2, 0.25) is 0 Å². The zero-order valence-electron chi connectivity index (χ0n) is 13.5. The number of nitrogens with one attached hydrogen (secondary N) is 2. The van der Waals surface area contributed by atoms with Gasteiger partial charge in [-0.2, -0.15) is 0 Å². The number of amides is 2. The molecular formula is C19H20N2O3. The number of rotatable bonds is 7. The Morgan fingerprint density at radius 2 is 1.79 bits per heavy atom. The van der Waals surface area contributed by atoms with E-state index >= 15 is 0 Å². The van der Waals surface area contributed by atoms with Crippen LogP contribution in [0.1, 0.15) is 17.3 Å². The Labute approximate surface area is 141 Å². The van der Waals surface area contributed by atoms with E-state index in [4.69, 9.17) is 4.74 Å². The number of hydrogen-bond acceptors (Lipinski definition) is 3. The number of anilines is 1. The van der Waals surface area contributed by atoms with Crippen molar-refractivity contribution in [2.75, 3.05) is 11.9 Å². The third kappa shape index (κ3) is 4.71. The van der Waals surface area contributed by atoms with Crippen LogP contribution in [0.5, 0.6) is 5.75 Å². The summed E-state index contributed by atoms with van der Waals surface area (Å²) in [5.74, 6) is 0.00224. The van der Waals surface area contributed by atoms with Gasteiger partial charge in [0, 0.05) is 6.54 Å². The van der Waals surface area contributed by atoms with E-state index in [1.807, 2.05) is 18.2 Å². The van der Waals surface area contributed by atoms with Crippen LogP contribution in [-0.2, 0) is 4.79 Å². The third-order valence-electron chi connectivity index (χ3n) is 3.26. The molecule has 1 atom stereocenters. The quantitative estimate of drug-likeness (QED) is 0.769. The Kier molecular flexibility index (Phi) is 6.14. The van der Waals surface area contributed by atoms with Crippen LogP contribution in [0.15, 0.2) is 67.3 Å².